The molecule has 3 atom stereocenters. The fourth-order valence-corrected chi connectivity index (χ4v) is 4.62. The van der Waals surface area contributed by atoms with Crippen LogP contribution in [0.15, 0.2) is 0 Å². The van der Waals surface area contributed by atoms with Crippen molar-refractivity contribution in [3.05, 3.63) is 0 Å². The van der Waals surface area contributed by atoms with Crippen LogP contribution >= 0.6 is 11.8 Å². The first-order valence-corrected chi connectivity index (χ1v) is 9.16. The standard InChI is InChI=1S/C15H27N3O2S/c16-9-5-1-2-6-11(19)7-3-4-8-13-14-12(10-21-13)17-15(20)18-14/h12-14H,1-10,16H2,(H2,17,18,20)/t12-,13-,14-/m0/s1. The summed E-state index contributed by atoms with van der Waals surface area (Å²) in [6.45, 7) is 0.723. The van der Waals surface area contributed by atoms with Crippen LogP contribution in [-0.4, -0.2) is 41.4 Å². The molecule has 2 amide bonds. The number of amides is 2. The molecule has 0 aromatic carbocycles. The number of carbonyl (C=O) groups is 2. The minimum atomic E-state index is -0.0250. The highest BCUT2D eigenvalue weighted by atomic mass is 32.2. The van der Waals surface area contributed by atoms with Crippen molar-refractivity contribution >= 4 is 23.6 Å². The predicted octanol–water partition coefficient (Wildman–Crippen LogP) is 1.80. The van der Waals surface area contributed by atoms with Gasteiger partial charge in [-0.1, -0.05) is 12.8 Å². The summed E-state index contributed by atoms with van der Waals surface area (Å²) in [5.74, 6) is 1.40. The molecule has 2 aliphatic rings. The number of carbonyl (C=O) groups excluding carboxylic acids is 2. The van der Waals surface area contributed by atoms with Crippen LogP contribution < -0.4 is 16.4 Å². The molecular weight excluding hydrogens is 286 g/mol. The van der Waals surface area contributed by atoms with Crippen LogP contribution in [0.5, 0.6) is 0 Å². The van der Waals surface area contributed by atoms with E-state index in [-0.39, 0.29) is 12.1 Å². The average Bonchev–Trinajstić information content (AvgIpc) is 2.99. The Morgan fingerprint density at radius 2 is 1.90 bits per heavy atom. The summed E-state index contributed by atoms with van der Waals surface area (Å²) in [5, 5.41) is 6.47. The number of fused-ring (bicyclic) bond motifs is 1. The minimum absolute atomic E-state index is 0.0250. The molecule has 2 saturated heterocycles. The van der Waals surface area contributed by atoms with E-state index >= 15 is 0 Å². The lowest BCUT2D eigenvalue weighted by Crippen LogP contribution is -2.36. The number of hydrogen-bond donors (Lipinski definition) is 3. The van der Waals surface area contributed by atoms with Gasteiger partial charge < -0.3 is 16.4 Å². The van der Waals surface area contributed by atoms with E-state index in [9.17, 15) is 9.59 Å². The number of hydrogen-bond acceptors (Lipinski definition) is 4. The van der Waals surface area contributed by atoms with Crippen molar-refractivity contribution in [2.24, 2.45) is 5.73 Å². The highest BCUT2D eigenvalue weighted by Gasteiger charge is 2.42. The SMILES string of the molecule is NCCCCCC(=O)CCCC[C@@H]1SC[C@@H]2NC(=O)N[C@@H]21. The Kier molecular flexibility index (Phi) is 6.83. The summed E-state index contributed by atoms with van der Waals surface area (Å²) in [5.41, 5.74) is 5.43. The van der Waals surface area contributed by atoms with E-state index in [1.807, 2.05) is 11.8 Å². The van der Waals surface area contributed by atoms with Gasteiger partial charge in [0.1, 0.15) is 5.78 Å². The molecule has 0 unspecified atom stereocenters. The van der Waals surface area contributed by atoms with E-state index in [4.69, 9.17) is 5.73 Å². The number of thioether (sulfide) groups is 1. The quantitative estimate of drug-likeness (QED) is 0.424. The van der Waals surface area contributed by atoms with Gasteiger partial charge in [0.2, 0.25) is 0 Å². The summed E-state index contributed by atoms with van der Waals surface area (Å²) in [6, 6.07) is 0.564. The molecule has 4 N–H and O–H groups in total. The van der Waals surface area contributed by atoms with Crippen LogP contribution in [-0.2, 0) is 4.79 Å². The topological polar surface area (TPSA) is 84.2 Å². The van der Waals surface area contributed by atoms with Crippen LogP contribution in [0.25, 0.3) is 0 Å². The summed E-state index contributed by atoms with van der Waals surface area (Å²) in [7, 11) is 0. The van der Waals surface area contributed by atoms with E-state index < -0.39 is 0 Å². The Morgan fingerprint density at radius 1 is 1.14 bits per heavy atom. The lowest BCUT2D eigenvalue weighted by atomic mass is 10.0. The van der Waals surface area contributed by atoms with Crippen molar-refractivity contribution in [3.63, 3.8) is 0 Å². The monoisotopic (exact) mass is 313 g/mol. The summed E-state index contributed by atoms with van der Waals surface area (Å²) in [4.78, 5) is 23.0. The number of unbranched alkanes of at least 4 members (excludes halogenated alkanes) is 3. The second-order valence-corrected chi connectivity index (χ2v) is 7.28. The molecule has 0 aliphatic carbocycles. The van der Waals surface area contributed by atoms with Gasteiger partial charge in [0, 0.05) is 23.8 Å². The minimum Gasteiger partial charge on any atom is -0.332 e. The molecule has 0 bridgehead atoms. The molecule has 0 spiro atoms. The Hall–Kier alpha value is -0.750. The van der Waals surface area contributed by atoms with E-state index in [0.717, 1.165) is 50.8 Å². The van der Waals surface area contributed by atoms with Crippen LogP contribution in [0.4, 0.5) is 4.79 Å². The number of ketones is 1. The first-order valence-electron chi connectivity index (χ1n) is 8.11. The zero-order valence-electron chi connectivity index (χ0n) is 12.6. The lowest BCUT2D eigenvalue weighted by Gasteiger charge is -2.16. The zero-order valence-corrected chi connectivity index (χ0v) is 13.4. The second-order valence-electron chi connectivity index (χ2n) is 6.01. The second kappa shape index (κ2) is 8.63. The Balaban J connectivity index is 1.52. The number of urea groups is 1. The molecule has 2 fully saturated rings. The van der Waals surface area contributed by atoms with Crippen LogP contribution in [0.3, 0.4) is 0 Å². The van der Waals surface area contributed by atoms with Crippen LogP contribution in [0, 0.1) is 0 Å². The van der Waals surface area contributed by atoms with Gasteiger partial charge in [-0.05, 0) is 32.2 Å². The molecule has 0 saturated carbocycles. The smallest absolute Gasteiger partial charge is 0.315 e. The normalized spacial score (nSPS) is 27.3. The predicted molar refractivity (Wildman–Crippen MR) is 86.5 cm³/mol. The molecule has 2 aliphatic heterocycles. The summed E-state index contributed by atoms with van der Waals surface area (Å²) < 4.78 is 0. The average molecular weight is 313 g/mol. The molecule has 120 valence electrons. The Labute approximate surface area is 131 Å². The fraction of sp³-hybridized carbons (Fsp3) is 0.867. The van der Waals surface area contributed by atoms with E-state index in [1.165, 1.54) is 0 Å². The first-order chi connectivity index (χ1) is 10.2. The van der Waals surface area contributed by atoms with E-state index in [0.29, 0.717) is 29.9 Å². The molecule has 0 aromatic heterocycles. The molecule has 2 rings (SSSR count). The summed E-state index contributed by atoms with van der Waals surface area (Å²) in [6.07, 6.45) is 7.63. The van der Waals surface area contributed by atoms with Gasteiger partial charge in [-0.2, -0.15) is 11.8 Å². The van der Waals surface area contributed by atoms with E-state index in [1.54, 1.807) is 0 Å². The summed E-state index contributed by atoms with van der Waals surface area (Å²) >= 11 is 1.94. The Bertz CT molecular complexity index is 365. The number of rotatable bonds is 10. The largest absolute Gasteiger partial charge is 0.332 e. The molecule has 0 radical (unpaired) electrons. The van der Waals surface area contributed by atoms with Gasteiger partial charge in [-0.15, -0.1) is 0 Å². The first kappa shape index (κ1) is 16.6. The van der Waals surface area contributed by atoms with Gasteiger partial charge in [0.15, 0.2) is 0 Å². The number of nitrogens with one attached hydrogen (secondary N) is 2. The molecule has 5 nitrogen and oxygen atoms in total. The third kappa shape index (κ3) is 5.18. The molecule has 0 aromatic rings. The van der Waals surface area contributed by atoms with E-state index in [2.05, 4.69) is 10.6 Å². The third-order valence-electron chi connectivity index (χ3n) is 4.29. The molecular formula is C15H27N3O2S. The maximum absolute atomic E-state index is 11.7. The van der Waals surface area contributed by atoms with Crippen molar-refractivity contribution in [3.8, 4) is 0 Å². The maximum atomic E-state index is 11.7. The van der Waals surface area contributed by atoms with Crippen molar-refractivity contribution in [1.82, 2.24) is 10.6 Å². The lowest BCUT2D eigenvalue weighted by molar-refractivity contribution is -0.119. The maximum Gasteiger partial charge on any atom is 0.315 e. The van der Waals surface area contributed by atoms with Crippen molar-refractivity contribution in [2.45, 2.75) is 68.7 Å². The van der Waals surface area contributed by atoms with Crippen LogP contribution in [0.2, 0.25) is 0 Å². The van der Waals surface area contributed by atoms with Crippen LogP contribution in [0.1, 0.15) is 51.4 Å². The Morgan fingerprint density at radius 3 is 2.67 bits per heavy atom. The highest BCUT2D eigenvalue weighted by Crippen LogP contribution is 2.33. The van der Waals surface area contributed by atoms with Crippen molar-refractivity contribution in [1.29, 1.82) is 0 Å². The number of nitrogens with two attached hydrogens (primary N) is 1. The highest BCUT2D eigenvalue weighted by molar-refractivity contribution is 8.00. The molecule has 21 heavy (non-hydrogen) atoms. The van der Waals surface area contributed by atoms with Gasteiger partial charge in [-0.3, -0.25) is 4.79 Å². The van der Waals surface area contributed by atoms with Gasteiger partial charge >= 0.3 is 6.03 Å². The van der Waals surface area contributed by atoms with Gasteiger partial charge in [-0.25, -0.2) is 4.79 Å². The third-order valence-corrected chi connectivity index (χ3v) is 5.80. The van der Waals surface area contributed by atoms with Gasteiger partial charge in [0.25, 0.3) is 0 Å². The fourth-order valence-electron chi connectivity index (χ4n) is 3.08. The molecule has 2 heterocycles. The van der Waals surface area contributed by atoms with Crippen molar-refractivity contribution in [2.75, 3.05) is 12.3 Å². The zero-order chi connectivity index (χ0) is 15.1. The van der Waals surface area contributed by atoms with Gasteiger partial charge in [0.05, 0.1) is 12.1 Å². The number of Topliss-reactive ketones (excluding diaryl/α,β-unsaturated/α-hetero) is 1. The molecule has 6 heteroatoms. The van der Waals surface area contributed by atoms with Crippen molar-refractivity contribution < 1.29 is 9.59 Å².